The van der Waals surface area contributed by atoms with Crippen LogP contribution in [-0.4, -0.2) is 70.8 Å². The number of unbranched alkanes of at least 4 members (excludes halogenated alkanes) is 10. The molecule has 0 spiro atoms. The van der Waals surface area contributed by atoms with Crippen LogP contribution in [0.25, 0.3) is 11.1 Å². The predicted molar refractivity (Wildman–Crippen MR) is 296 cm³/mol. The van der Waals surface area contributed by atoms with Crippen LogP contribution in [0.1, 0.15) is 216 Å². The zero-order chi connectivity index (χ0) is 51.5. The number of ketones is 1. The van der Waals surface area contributed by atoms with Gasteiger partial charge in [-0.25, -0.2) is 4.58 Å². The van der Waals surface area contributed by atoms with Crippen LogP contribution in [0.15, 0.2) is 30.0 Å². The van der Waals surface area contributed by atoms with Crippen LogP contribution in [0.2, 0.25) is 0 Å². The maximum atomic E-state index is 14.9. The number of carbonyl (C=O) groups excluding carboxylic acids is 4. The Morgan fingerprint density at radius 2 is 1.31 bits per heavy atom. The summed E-state index contributed by atoms with van der Waals surface area (Å²) in [4.78, 5) is 57.9. The van der Waals surface area contributed by atoms with Crippen molar-refractivity contribution in [3.05, 3.63) is 57.3 Å². The molecule has 5 rings (SSSR count). The van der Waals surface area contributed by atoms with Gasteiger partial charge in [0.25, 0.3) is 0 Å². The smallest absolute Gasteiger partial charge is 0.225 e. The Kier molecular flexibility index (Phi) is 20.7. The second-order valence-corrected chi connectivity index (χ2v) is 23.6. The summed E-state index contributed by atoms with van der Waals surface area (Å²) in [5, 5.41) is 23.1. The monoisotopic (exact) mass is 983 g/mol. The largest absolute Gasteiger partial charge is 0.506 e. The fraction of sp³-hybridized carbons (Fsp3) is 0.678. The Balaban J connectivity index is 1.46. The normalized spacial score (nSPS) is 19.2. The van der Waals surface area contributed by atoms with Crippen molar-refractivity contribution in [1.82, 2.24) is 9.89 Å². The van der Waals surface area contributed by atoms with Gasteiger partial charge in [0.15, 0.2) is 6.04 Å². The molecular weight excluding hydrogens is 891 g/mol. The lowest BCUT2D eigenvalue weighted by Crippen LogP contribution is -2.42. The van der Waals surface area contributed by atoms with E-state index in [1.807, 2.05) is 36.0 Å². The van der Waals surface area contributed by atoms with Gasteiger partial charge in [0.2, 0.25) is 28.9 Å². The first kappa shape index (κ1) is 56.8. The van der Waals surface area contributed by atoms with Crippen molar-refractivity contribution >= 4 is 63.5 Å². The first-order valence-corrected chi connectivity index (χ1v) is 28.6. The van der Waals surface area contributed by atoms with Gasteiger partial charge in [-0.05, 0) is 104 Å². The summed E-state index contributed by atoms with van der Waals surface area (Å²) >= 11 is 1.82. The molecule has 2 aromatic rings. The molecule has 0 fully saturated rings. The molecule has 3 aliphatic rings. The van der Waals surface area contributed by atoms with E-state index in [-0.39, 0.29) is 88.2 Å². The molecule has 0 aromatic heterocycles. The van der Waals surface area contributed by atoms with E-state index in [2.05, 4.69) is 115 Å². The molecule has 1 aliphatic carbocycles. The molecule has 0 saturated carbocycles. The third-order valence-electron chi connectivity index (χ3n) is 16.1. The summed E-state index contributed by atoms with van der Waals surface area (Å²) in [6.45, 7) is 29.0. The average molecular weight is 983 g/mol. The molecule has 388 valence electrons. The van der Waals surface area contributed by atoms with Gasteiger partial charge in [-0.2, -0.15) is 11.8 Å². The van der Waals surface area contributed by atoms with Gasteiger partial charge < -0.3 is 26.0 Å². The van der Waals surface area contributed by atoms with Crippen molar-refractivity contribution < 1.29 is 24.3 Å². The predicted octanol–water partition coefficient (Wildman–Crippen LogP) is 11.9. The van der Waals surface area contributed by atoms with E-state index in [0.717, 1.165) is 60.0 Å². The first-order chi connectivity index (χ1) is 33.2. The van der Waals surface area contributed by atoms with Crippen molar-refractivity contribution in [3.8, 4) is 0 Å². The number of hydrogen-bond donors (Lipinski definition) is 4. The number of thioether (sulfide) groups is 1. The fourth-order valence-corrected chi connectivity index (χ4v) is 12.0. The minimum atomic E-state index is -0.350. The molecule has 0 radical (unpaired) electrons. The number of aliphatic hydroxyl groups excluding tert-OH is 1. The number of allylic oxidation sites excluding steroid dienone is 2. The first-order valence-electron chi connectivity index (χ1n) is 27.5. The lowest BCUT2D eigenvalue weighted by molar-refractivity contribution is -0.124. The number of amides is 3. The van der Waals surface area contributed by atoms with Crippen LogP contribution in [0.3, 0.4) is 0 Å². The van der Waals surface area contributed by atoms with Crippen molar-refractivity contribution in [2.75, 3.05) is 33.6 Å². The molecule has 2 aromatic carbocycles. The van der Waals surface area contributed by atoms with E-state index in [0.29, 0.717) is 46.8 Å². The summed E-state index contributed by atoms with van der Waals surface area (Å²) in [6, 6.07) is 8.54. The molecule has 10 nitrogen and oxygen atoms in total. The van der Waals surface area contributed by atoms with Crippen LogP contribution in [0.4, 0.5) is 17.1 Å². The van der Waals surface area contributed by atoms with Gasteiger partial charge in [0.1, 0.15) is 11.8 Å². The fourth-order valence-electron chi connectivity index (χ4n) is 11.1. The summed E-state index contributed by atoms with van der Waals surface area (Å²) < 4.78 is 2.35. The van der Waals surface area contributed by atoms with Crippen LogP contribution >= 0.6 is 11.8 Å². The topological polar surface area (TPSA) is 131 Å². The summed E-state index contributed by atoms with van der Waals surface area (Å²) in [5.41, 5.74) is 4.21. The van der Waals surface area contributed by atoms with E-state index in [1.165, 1.54) is 57.8 Å². The minimum absolute atomic E-state index is 0.0299. The molecule has 2 aliphatic heterocycles. The molecule has 3 amide bonds. The average Bonchev–Trinajstić information content (AvgIpc) is 3.62. The van der Waals surface area contributed by atoms with Crippen molar-refractivity contribution in [1.29, 1.82) is 0 Å². The van der Waals surface area contributed by atoms with Crippen molar-refractivity contribution in [2.45, 2.75) is 234 Å². The highest BCUT2D eigenvalue weighted by Crippen LogP contribution is 2.51. The highest BCUT2D eigenvalue weighted by atomic mass is 32.2. The lowest BCUT2D eigenvalue weighted by Gasteiger charge is -2.34. The number of anilines is 3. The van der Waals surface area contributed by atoms with Gasteiger partial charge in [0, 0.05) is 77.2 Å². The Morgan fingerprint density at radius 3 is 1.91 bits per heavy atom. The maximum absolute atomic E-state index is 14.9. The number of aliphatic hydroxyl groups is 1. The Morgan fingerprint density at radius 1 is 0.714 bits per heavy atom. The molecule has 3 unspecified atom stereocenters. The molecule has 0 bridgehead atoms. The SMILES string of the molecule is CCCCCCCCCCCCSCCC(=O)Nc1cc2c(cc1C1=C(O)/C(=c3/cc4c(cc3NC(=O)CCC(=O)NCC(CC)CCCC)=[N+](C(C)C)C(C)C4(C)C)C1=O)C(C)(C)C(C)N2C(C)C. The Hall–Kier alpha value is -4.12. The molecule has 4 N–H and O–H groups in total. The minimum Gasteiger partial charge on any atom is -0.506 e. The number of rotatable bonds is 28. The van der Waals surface area contributed by atoms with Crippen LogP contribution in [0.5, 0.6) is 0 Å². The van der Waals surface area contributed by atoms with Gasteiger partial charge in [0.05, 0.1) is 27.9 Å². The van der Waals surface area contributed by atoms with Gasteiger partial charge in [-0.3, -0.25) is 19.2 Å². The van der Waals surface area contributed by atoms with Crippen LogP contribution < -0.4 is 36.0 Å². The molecule has 70 heavy (non-hydrogen) atoms. The highest BCUT2D eigenvalue weighted by molar-refractivity contribution is 7.99. The zero-order valence-electron chi connectivity index (χ0n) is 45.7. The quantitative estimate of drug-likeness (QED) is 0.0493. The van der Waals surface area contributed by atoms with E-state index in [9.17, 15) is 24.3 Å². The zero-order valence-corrected chi connectivity index (χ0v) is 46.5. The number of benzene rings is 2. The van der Waals surface area contributed by atoms with Crippen LogP contribution in [0, 0.1) is 5.92 Å². The summed E-state index contributed by atoms with van der Waals surface area (Å²) in [6.07, 6.45) is 17.6. The van der Waals surface area contributed by atoms with Crippen LogP contribution in [-0.2, 0) is 30.0 Å². The van der Waals surface area contributed by atoms with Gasteiger partial charge in [-0.15, -0.1) is 0 Å². The second kappa shape index (κ2) is 25.5. The molecule has 2 heterocycles. The standard InChI is InChI=1S/C59H91N5O5S/c1-14-17-19-20-21-22-23-24-25-26-31-70-32-30-53(67)62-48-36-50-46(59(12,13)41(9)64(50)39(6)7)34-44(48)55-56(68)54(57(55)69)43-33-45-49(63(38(4)5)40(8)58(45,10)11)35-47(43)61-52(66)29-28-51(65)60-37-42(16-3)27-18-15-2/h33-36,38-42H,14-32,37H2,1-13H3,(H3,60,61,62,65,66,67,68,69)/p+1. The number of fused-ring (bicyclic) bond motifs is 2. The van der Waals surface area contributed by atoms with E-state index < -0.39 is 0 Å². The molecule has 3 atom stereocenters. The number of carbonyl (C=O) groups is 4. The van der Waals surface area contributed by atoms with E-state index in [4.69, 9.17) is 0 Å². The number of Topliss-reactive ketones (excluding diaryl/α,β-unsaturated/α-hetero) is 1. The van der Waals surface area contributed by atoms with E-state index >= 15 is 0 Å². The van der Waals surface area contributed by atoms with Crippen molar-refractivity contribution in [2.24, 2.45) is 5.92 Å². The Bertz CT molecular complexity index is 2350. The maximum Gasteiger partial charge on any atom is 0.225 e. The number of nitrogens with zero attached hydrogens (tertiary/aromatic N) is 2. The highest BCUT2D eigenvalue weighted by Gasteiger charge is 2.48. The third kappa shape index (κ3) is 13.1. The lowest BCUT2D eigenvalue weighted by atomic mass is 9.76. The van der Waals surface area contributed by atoms with E-state index in [1.54, 1.807) is 0 Å². The third-order valence-corrected chi connectivity index (χ3v) is 17.2. The Labute approximate surface area is 426 Å². The number of hydrogen-bond acceptors (Lipinski definition) is 7. The number of nitrogens with one attached hydrogen (secondary N) is 3. The van der Waals surface area contributed by atoms with Gasteiger partial charge in [-0.1, -0.05) is 112 Å². The molecule has 11 heteroatoms. The summed E-state index contributed by atoms with van der Waals surface area (Å²) in [5.74, 6) is 0.999. The van der Waals surface area contributed by atoms with Crippen molar-refractivity contribution in [3.63, 3.8) is 0 Å². The second-order valence-electron chi connectivity index (χ2n) is 22.4. The molecular formula is C59H92N5O5S+. The summed E-state index contributed by atoms with van der Waals surface area (Å²) in [7, 11) is 0. The van der Waals surface area contributed by atoms with Gasteiger partial charge >= 0.3 is 0 Å². The molecule has 0 saturated heterocycles.